The van der Waals surface area contributed by atoms with Gasteiger partial charge >= 0.3 is 0 Å². The van der Waals surface area contributed by atoms with Crippen molar-refractivity contribution >= 4 is 17.5 Å². The first-order valence-electron chi connectivity index (χ1n) is 6.95. The van der Waals surface area contributed by atoms with Crippen molar-refractivity contribution in [3.8, 4) is 5.75 Å². The zero-order valence-corrected chi connectivity index (χ0v) is 12.8. The molecule has 0 aliphatic rings. The van der Waals surface area contributed by atoms with Crippen LogP contribution in [0.4, 0.5) is 5.69 Å². The number of hydrogen-bond donors (Lipinski definition) is 2. The Kier molecular flexibility index (Phi) is 5.50. The number of nitrogens with one attached hydrogen (secondary N) is 2. The molecule has 0 aliphatic carbocycles. The molecule has 2 rings (SSSR count). The topological polar surface area (TPSA) is 124 Å². The summed E-state index contributed by atoms with van der Waals surface area (Å²) in [6, 6.07) is 6.84. The van der Waals surface area contributed by atoms with Crippen molar-refractivity contribution in [2.24, 2.45) is 0 Å². The van der Waals surface area contributed by atoms with E-state index in [0.717, 1.165) is 6.07 Å². The summed E-state index contributed by atoms with van der Waals surface area (Å²) in [7, 11) is 1.36. The fraction of sp³-hybridized carbons (Fsp3) is 0.200. The maximum Gasteiger partial charge on any atom is 0.287 e. The Morgan fingerprint density at radius 2 is 1.92 bits per heavy atom. The first-order valence-corrected chi connectivity index (χ1v) is 6.95. The first kappa shape index (κ1) is 17.0. The quantitative estimate of drug-likeness (QED) is 0.448. The number of benzene rings is 1. The summed E-state index contributed by atoms with van der Waals surface area (Å²) in [5.41, 5.74) is -0.170. The van der Waals surface area contributed by atoms with Crippen LogP contribution in [0, 0.1) is 10.1 Å². The van der Waals surface area contributed by atoms with Crippen molar-refractivity contribution in [1.82, 2.24) is 10.6 Å². The number of nitro benzene ring substituents is 1. The third-order valence-corrected chi connectivity index (χ3v) is 3.08. The van der Waals surface area contributed by atoms with E-state index in [4.69, 9.17) is 9.15 Å². The second kappa shape index (κ2) is 7.77. The van der Waals surface area contributed by atoms with Crippen LogP contribution in [0.15, 0.2) is 41.0 Å². The van der Waals surface area contributed by atoms with Gasteiger partial charge in [-0.2, -0.15) is 0 Å². The Bertz CT molecular complexity index is 742. The molecular weight excluding hydrogens is 318 g/mol. The van der Waals surface area contributed by atoms with Gasteiger partial charge in [0, 0.05) is 25.2 Å². The van der Waals surface area contributed by atoms with Crippen LogP contribution in [-0.2, 0) is 0 Å². The number of ether oxygens (including phenoxy) is 1. The van der Waals surface area contributed by atoms with E-state index in [1.807, 2.05) is 0 Å². The molecule has 0 unspecified atom stereocenters. The third kappa shape index (κ3) is 4.09. The minimum absolute atomic E-state index is 0.0454. The molecular formula is C15H15N3O6. The second-order valence-corrected chi connectivity index (χ2v) is 4.63. The smallest absolute Gasteiger partial charge is 0.287 e. The van der Waals surface area contributed by atoms with Gasteiger partial charge in [0.1, 0.15) is 5.75 Å². The van der Waals surface area contributed by atoms with Crippen LogP contribution in [0.3, 0.4) is 0 Å². The minimum atomic E-state index is -0.597. The lowest BCUT2D eigenvalue weighted by Gasteiger charge is -2.09. The van der Waals surface area contributed by atoms with Crippen LogP contribution in [0.2, 0.25) is 0 Å². The third-order valence-electron chi connectivity index (χ3n) is 3.08. The maximum atomic E-state index is 12.1. The van der Waals surface area contributed by atoms with E-state index in [1.54, 1.807) is 6.07 Å². The molecule has 1 heterocycles. The fourth-order valence-electron chi connectivity index (χ4n) is 1.93. The van der Waals surface area contributed by atoms with Crippen molar-refractivity contribution in [2.75, 3.05) is 20.2 Å². The maximum absolute atomic E-state index is 12.1. The highest BCUT2D eigenvalue weighted by Crippen LogP contribution is 2.23. The van der Waals surface area contributed by atoms with Gasteiger partial charge in [0.25, 0.3) is 17.5 Å². The van der Waals surface area contributed by atoms with Gasteiger partial charge < -0.3 is 19.8 Å². The minimum Gasteiger partial charge on any atom is -0.496 e. The molecule has 2 aromatic rings. The largest absolute Gasteiger partial charge is 0.496 e. The number of rotatable bonds is 7. The molecule has 0 saturated heterocycles. The molecule has 1 aromatic carbocycles. The van der Waals surface area contributed by atoms with E-state index < -0.39 is 16.7 Å². The van der Waals surface area contributed by atoms with Crippen molar-refractivity contribution in [3.05, 3.63) is 58.0 Å². The van der Waals surface area contributed by atoms with Crippen LogP contribution in [-0.4, -0.2) is 36.9 Å². The number of furan rings is 1. The average Bonchev–Trinajstić information content (AvgIpc) is 3.12. The van der Waals surface area contributed by atoms with Gasteiger partial charge in [0.15, 0.2) is 5.76 Å². The highest BCUT2D eigenvalue weighted by Gasteiger charge is 2.17. The van der Waals surface area contributed by atoms with Crippen molar-refractivity contribution < 1.29 is 23.7 Å². The molecule has 0 aliphatic heterocycles. The van der Waals surface area contributed by atoms with Gasteiger partial charge in [-0.1, -0.05) is 0 Å². The van der Waals surface area contributed by atoms with Gasteiger partial charge in [0.05, 0.1) is 23.9 Å². The monoisotopic (exact) mass is 333 g/mol. The molecule has 0 bridgehead atoms. The Morgan fingerprint density at radius 3 is 2.50 bits per heavy atom. The molecule has 9 nitrogen and oxygen atoms in total. The number of amides is 2. The zero-order valence-electron chi connectivity index (χ0n) is 12.8. The van der Waals surface area contributed by atoms with Gasteiger partial charge in [-0.25, -0.2) is 0 Å². The molecule has 0 spiro atoms. The fourth-order valence-corrected chi connectivity index (χ4v) is 1.93. The highest BCUT2D eigenvalue weighted by molar-refractivity contribution is 5.97. The van der Waals surface area contributed by atoms with Crippen molar-refractivity contribution in [3.63, 3.8) is 0 Å². The zero-order chi connectivity index (χ0) is 17.5. The summed E-state index contributed by atoms with van der Waals surface area (Å²) in [4.78, 5) is 34.0. The standard InChI is InChI=1S/C15H15N3O6/c1-23-12-5-4-10(18(21)22)9-11(12)14(19)16-6-7-17-15(20)13-3-2-8-24-13/h2-5,8-9H,6-7H2,1H3,(H,16,19)(H,17,20). The number of methoxy groups -OCH3 is 1. The number of nitrogens with zero attached hydrogens (tertiary/aromatic N) is 1. The summed E-state index contributed by atoms with van der Waals surface area (Å²) >= 11 is 0. The summed E-state index contributed by atoms with van der Waals surface area (Å²) in [6.45, 7) is 0.305. The Hall–Kier alpha value is -3.36. The van der Waals surface area contributed by atoms with E-state index in [9.17, 15) is 19.7 Å². The second-order valence-electron chi connectivity index (χ2n) is 4.63. The Labute approximate surface area is 136 Å². The Morgan fingerprint density at radius 1 is 1.21 bits per heavy atom. The van der Waals surface area contributed by atoms with E-state index in [0.29, 0.717) is 0 Å². The molecule has 0 fully saturated rings. The van der Waals surface area contributed by atoms with Crippen LogP contribution < -0.4 is 15.4 Å². The lowest BCUT2D eigenvalue weighted by Crippen LogP contribution is -2.34. The molecule has 9 heteroatoms. The van der Waals surface area contributed by atoms with Gasteiger partial charge in [0.2, 0.25) is 0 Å². The van der Waals surface area contributed by atoms with Crippen LogP contribution >= 0.6 is 0 Å². The predicted molar refractivity (Wildman–Crippen MR) is 83.0 cm³/mol. The summed E-state index contributed by atoms with van der Waals surface area (Å²) in [5.74, 6) is -0.552. The van der Waals surface area contributed by atoms with Gasteiger partial charge in [-0.3, -0.25) is 19.7 Å². The SMILES string of the molecule is COc1ccc([N+](=O)[O-])cc1C(=O)NCCNC(=O)c1ccco1. The number of carbonyl (C=O) groups is 2. The first-order chi connectivity index (χ1) is 11.5. The van der Waals surface area contributed by atoms with E-state index in [1.165, 1.54) is 31.6 Å². The normalized spacial score (nSPS) is 10.0. The molecule has 2 amide bonds. The molecule has 1 aromatic heterocycles. The summed E-state index contributed by atoms with van der Waals surface area (Å²) in [5, 5.41) is 15.9. The highest BCUT2D eigenvalue weighted by atomic mass is 16.6. The number of non-ortho nitro benzene ring substituents is 1. The van der Waals surface area contributed by atoms with Crippen LogP contribution in [0.1, 0.15) is 20.9 Å². The molecule has 24 heavy (non-hydrogen) atoms. The van der Waals surface area contributed by atoms with Crippen molar-refractivity contribution in [2.45, 2.75) is 0 Å². The van der Waals surface area contributed by atoms with Gasteiger partial charge in [-0.05, 0) is 18.2 Å². The van der Waals surface area contributed by atoms with Crippen LogP contribution in [0.5, 0.6) is 5.75 Å². The lowest BCUT2D eigenvalue weighted by atomic mass is 10.1. The molecule has 0 atom stereocenters. The molecule has 0 saturated carbocycles. The number of carbonyl (C=O) groups excluding carboxylic acids is 2. The predicted octanol–water partition coefficient (Wildman–Crippen LogP) is 1.36. The summed E-state index contributed by atoms with van der Waals surface area (Å²) < 4.78 is 9.96. The van der Waals surface area contributed by atoms with E-state index >= 15 is 0 Å². The summed E-state index contributed by atoms with van der Waals surface area (Å²) in [6.07, 6.45) is 1.38. The van der Waals surface area contributed by atoms with Crippen molar-refractivity contribution in [1.29, 1.82) is 0 Å². The van der Waals surface area contributed by atoms with E-state index in [-0.39, 0.29) is 35.9 Å². The average molecular weight is 333 g/mol. The van der Waals surface area contributed by atoms with Gasteiger partial charge in [-0.15, -0.1) is 0 Å². The Balaban J connectivity index is 1.91. The number of hydrogen-bond acceptors (Lipinski definition) is 6. The molecule has 0 radical (unpaired) electrons. The van der Waals surface area contributed by atoms with Crippen LogP contribution in [0.25, 0.3) is 0 Å². The molecule has 2 N–H and O–H groups in total. The lowest BCUT2D eigenvalue weighted by molar-refractivity contribution is -0.384. The molecule has 126 valence electrons. The number of nitro groups is 1. The van der Waals surface area contributed by atoms with E-state index in [2.05, 4.69) is 10.6 Å².